The van der Waals surface area contributed by atoms with Gasteiger partial charge in [0.15, 0.2) is 0 Å². The van der Waals surface area contributed by atoms with Crippen LogP contribution in [-0.2, 0) is 6.54 Å². The van der Waals surface area contributed by atoms with E-state index < -0.39 is 0 Å². The highest BCUT2D eigenvalue weighted by Crippen LogP contribution is 2.28. The highest BCUT2D eigenvalue weighted by Gasteiger charge is 2.18. The molecular formula is C18H25N3. The molecule has 0 aliphatic heterocycles. The molecule has 1 heterocycles. The first-order chi connectivity index (χ1) is 10.3. The summed E-state index contributed by atoms with van der Waals surface area (Å²) in [5.41, 5.74) is 2.43. The molecule has 21 heavy (non-hydrogen) atoms. The van der Waals surface area contributed by atoms with E-state index in [9.17, 15) is 0 Å². The number of hydrogen-bond acceptors (Lipinski definition) is 3. The molecule has 0 saturated heterocycles. The van der Waals surface area contributed by atoms with Gasteiger partial charge in [-0.3, -0.25) is 0 Å². The molecular weight excluding hydrogens is 258 g/mol. The number of benzene rings is 1. The molecule has 3 rings (SSSR count). The number of nitrogens with one attached hydrogen (secondary N) is 1. The SMILES string of the molecule is CNCc1cc(N(C)CC2CCCC2)nc2ccccc12. The van der Waals surface area contributed by atoms with Gasteiger partial charge in [0, 0.05) is 25.5 Å². The van der Waals surface area contributed by atoms with Crippen LogP contribution in [0.15, 0.2) is 30.3 Å². The summed E-state index contributed by atoms with van der Waals surface area (Å²) in [6.07, 6.45) is 5.55. The molecule has 1 fully saturated rings. The molecule has 1 aliphatic rings. The van der Waals surface area contributed by atoms with Crippen molar-refractivity contribution in [2.45, 2.75) is 32.2 Å². The highest BCUT2D eigenvalue weighted by molar-refractivity contribution is 5.84. The van der Waals surface area contributed by atoms with Crippen molar-refractivity contribution >= 4 is 16.7 Å². The lowest BCUT2D eigenvalue weighted by Crippen LogP contribution is -2.25. The third-order valence-corrected chi connectivity index (χ3v) is 4.55. The van der Waals surface area contributed by atoms with Gasteiger partial charge in [-0.2, -0.15) is 0 Å². The molecule has 0 unspecified atom stereocenters. The first-order valence-corrected chi connectivity index (χ1v) is 8.02. The molecule has 0 atom stereocenters. The van der Waals surface area contributed by atoms with E-state index in [-0.39, 0.29) is 0 Å². The molecule has 1 aromatic carbocycles. The Kier molecular flexibility index (Phi) is 4.39. The summed E-state index contributed by atoms with van der Waals surface area (Å²) < 4.78 is 0. The maximum absolute atomic E-state index is 4.86. The molecule has 112 valence electrons. The van der Waals surface area contributed by atoms with Gasteiger partial charge in [0.05, 0.1) is 5.52 Å². The zero-order chi connectivity index (χ0) is 14.7. The maximum Gasteiger partial charge on any atom is 0.129 e. The number of aromatic nitrogens is 1. The maximum atomic E-state index is 4.86. The van der Waals surface area contributed by atoms with Crippen LogP contribution in [0.3, 0.4) is 0 Å². The highest BCUT2D eigenvalue weighted by atomic mass is 15.2. The predicted octanol–water partition coefficient (Wildman–Crippen LogP) is 3.58. The Morgan fingerprint density at radius 2 is 2.00 bits per heavy atom. The fraction of sp³-hybridized carbons (Fsp3) is 0.500. The van der Waals surface area contributed by atoms with Crippen LogP contribution in [0.2, 0.25) is 0 Å². The number of nitrogens with zero attached hydrogens (tertiary/aromatic N) is 2. The van der Waals surface area contributed by atoms with Crippen LogP contribution in [0.25, 0.3) is 10.9 Å². The number of para-hydroxylation sites is 1. The summed E-state index contributed by atoms with van der Waals surface area (Å²) in [5.74, 6) is 1.95. The van der Waals surface area contributed by atoms with Crippen LogP contribution in [-0.4, -0.2) is 25.6 Å². The van der Waals surface area contributed by atoms with Crippen molar-refractivity contribution in [3.05, 3.63) is 35.9 Å². The first kappa shape index (κ1) is 14.3. The Morgan fingerprint density at radius 3 is 2.76 bits per heavy atom. The monoisotopic (exact) mass is 283 g/mol. The number of rotatable bonds is 5. The number of pyridine rings is 1. The minimum Gasteiger partial charge on any atom is -0.359 e. The fourth-order valence-corrected chi connectivity index (χ4v) is 3.44. The predicted molar refractivity (Wildman–Crippen MR) is 89.7 cm³/mol. The normalized spacial score (nSPS) is 15.7. The Hall–Kier alpha value is -1.61. The van der Waals surface area contributed by atoms with Gasteiger partial charge in [-0.1, -0.05) is 31.0 Å². The summed E-state index contributed by atoms with van der Waals surface area (Å²) in [6, 6.07) is 10.7. The molecule has 1 saturated carbocycles. The topological polar surface area (TPSA) is 28.2 Å². The Morgan fingerprint density at radius 1 is 1.24 bits per heavy atom. The van der Waals surface area contributed by atoms with Crippen LogP contribution in [0.1, 0.15) is 31.2 Å². The van der Waals surface area contributed by atoms with E-state index in [1.54, 1.807) is 0 Å². The van der Waals surface area contributed by atoms with Crippen molar-refractivity contribution in [1.82, 2.24) is 10.3 Å². The summed E-state index contributed by atoms with van der Waals surface area (Å²) in [4.78, 5) is 7.19. The minimum absolute atomic E-state index is 0.844. The summed E-state index contributed by atoms with van der Waals surface area (Å²) in [5, 5.41) is 4.52. The Labute approximate surface area is 127 Å². The van der Waals surface area contributed by atoms with Crippen molar-refractivity contribution in [1.29, 1.82) is 0 Å². The van der Waals surface area contributed by atoms with Gasteiger partial charge in [-0.15, -0.1) is 0 Å². The van der Waals surface area contributed by atoms with Crippen molar-refractivity contribution in [3.63, 3.8) is 0 Å². The lowest BCUT2D eigenvalue weighted by atomic mass is 10.1. The molecule has 1 aromatic heterocycles. The van der Waals surface area contributed by atoms with Gasteiger partial charge in [0.2, 0.25) is 0 Å². The van der Waals surface area contributed by atoms with Gasteiger partial charge < -0.3 is 10.2 Å². The standard InChI is InChI=1S/C18H25N3/c1-19-12-15-11-18(20-17-10-6-5-9-16(15)17)21(2)13-14-7-3-4-8-14/h5-6,9-11,14,19H,3-4,7-8,12-13H2,1-2H3. The third kappa shape index (κ3) is 3.18. The summed E-state index contributed by atoms with van der Waals surface area (Å²) in [7, 11) is 4.18. The lowest BCUT2D eigenvalue weighted by molar-refractivity contribution is 0.545. The molecule has 2 aromatic rings. The van der Waals surface area contributed by atoms with Crippen molar-refractivity contribution < 1.29 is 0 Å². The molecule has 3 nitrogen and oxygen atoms in total. The molecule has 1 N–H and O–H groups in total. The van der Waals surface area contributed by atoms with Gasteiger partial charge in [0.25, 0.3) is 0 Å². The second-order valence-electron chi connectivity index (χ2n) is 6.22. The van der Waals surface area contributed by atoms with Crippen molar-refractivity contribution in [2.24, 2.45) is 5.92 Å². The Balaban J connectivity index is 1.90. The lowest BCUT2D eigenvalue weighted by Gasteiger charge is -2.23. The smallest absolute Gasteiger partial charge is 0.129 e. The third-order valence-electron chi connectivity index (χ3n) is 4.55. The van der Waals surface area contributed by atoms with Gasteiger partial charge in [-0.05, 0) is 43.5 Å². The van der Waals surface area contributed by atoms with Crippen LogP contribution < -0.4 is 10.2 Å². The zero-order valence-corrected chi connectivity index (χ0v) is 13.1. The van der Waals surface area contributed by atoms with Crippen molar-refractivity contribution in [3.8, 4) is 0 Å². The molecule has 3 heteroatoms. The van der Waals surface area contributed by atoms with E-state index in [0.717, 1.165) is 30.3 Å². The fourth-order valence-electron chi connectivity index (χ4n) is 3.44. The van der Waals surface area contributed by atoms with Crippen LogP contribution >= 0.6 is 0 Å². The van der Waals surface area contributed by atoms with Crippen LogP contribution in [0.4, 0.5) is 5.82 Å². The second-order valence-corrected chi connectivity index (χ2v) is 6.22. The largest absolute Gasteiger partial charge is 0.359 e. The van der Waals surface area contributed by atoms with Gasteiger partial charge in [-0.25, -0.2) is 4.98 Å². The summed E-state index contributed by atoms with van der Waals surface area (Å²) in [6.45, 7) is 2.01. The van der Waals surface area contributed by atoms with E-state index in [0.29, 0.717) is 0 Å². The van der Waals surface area contributed by atoms with E-state index >= 15 is 0 Å². The van der Waals surface area contributed by atoms with E-state index in [1.807, 2.05) is 7.05 Å². The minimum atomic E-state index is 0.844. The molecule has 0 radical (unpaired) electrons. The Bertz CT molecular complexity index is 602. The number of anilines is 1. The zero-order valence-electron chi connectivity index (χ0n) is 13.1. The van der Waals surface area contributed by atoms with E-state index in [1.165, 1.54) is 36.6 Å². The second kappa shape index (κ2) is 6.44. The molecule has 0 bridgehead atoms. The van der Waals surface area contributed by atoms with Gasteiger partial charge in [0.1, 0.15) is 5.82 Å². The van der Waals surface area contributed by atoms with Crippen molar-refractivity contribution in [2.75, 3.05) is 25.5 Å². The molecule has 0 spiro atoms. The average molecular weight is 283 g/mol. The number of hydrogen-bond donors (Lipinski definition) is 1. The quantitative estimate of drug-likeness (QED) is 0.909. The molecule has 1 aliphatic carbocycles. The van der Waals surface area contributed by atoms with Crippen LogP contribution in [0.5, 0.6) is 0 Å². The van der Waals surface area contributed by atoms with Crippen LogP contribution in [0, 0.1) is 5.92 Å². The van der Waals surface area contributed by atoms with Gasteiger partial charge >= 0.3 is 0 Å². The first-order valence-electron chi connectivity index (χ1n) is 8.02. The summed E-state index contributed by atoms with van der Waals surface area (Å²) >= 11 is 0. The van der Waals surface area contributed by atoms with E-state index in [2.05, 4.69) is 47.6 Å². The average Bonchev–Trinajstić information content (AvgIpc) is 3.00. The molecule has 0 amide bonds. The number of fused-ring (bicyclic) bond motifs is 1. The van der Waals surface area contributed by atoms with E-state index in [4.69, 9.17) is 4.98 Å².